The van der Waals surface area contributed by atoms with Crippen LogP contribution in [0.1, 0.15) is 29.5 Å². The normalized spacial score (nSPS) is 22.1. The van der Waals surface area contributed by atoms with Gasteiger partial charge in [-0.15, -0.1) is 11.3 Å². The highest BCUT2D eigenvalue weighted by molar-refractivity contribution is 7.11. The Hall–Kier alpha value is -1.69. The van der Waals surface area contributed by atoms with Crippen LogP contribution < -0.4 is 5.32 Å². The van der Waals surface area contributed by atoms with Gasteiger partial charge in [0.15, 0.2) is 0 Å². The topological polar surface area (TPSA) is 66.5 Å². The lowest BCUT2D eigenvalue weighted by Gasteiger charge is -2.34. The van der Waals surface area contributed by atoms with Crippen LogP contribution in [0.25, 0.3) is 0 Å². The van der Waals surface area contributed by atoms with E-state index in [2.05, 4.69) is 5.32 Å². The summed E-state index contributed by atoms with van der Waals surface area (Å²) in [5.74, 6) is -0.755. The molecule has 1 aromatic rings. The maximum absolute atomic E-state index is 12.4. The number of aryl methyl sites for hydroxylation is 1. The molecule has 1 N–H and O–H groups in total. The summed E-state index contributed by atoms with van der Waals surface area (Å²) in [6, 6.07) is 3.21. The summed E-state index contributed by atoms with van der Waals surface area (Å²) < 4.78 is 0. The van der Waals surface area contributed by atoms with E-state index in [9.17, 15) is 14.4 Å². The minimum Gasteiger partial charge on any atom is -0.277 e. The molecule has 3 rings (SSSR count). The van der Waals surface area contributed by atoms with Gasteiger partial charge in [-0.05, 0) is 38.8 Å². The molecule has 6 heteroatoms. The Bertz CT molecular complexity index is 603. The van der Waals surface area contributed by atoms with Crippen LogP contribution in [-0.4, -0.2) is 28.8 Å². The van der Waals surface area contributed by atoms with Crippen LogP contribution in [-0.2, 0) is 16.0 Å². The maximum atomic E-state index is 12.4. The summed E-state index contributed by atoms with van der Waals surface area (Å²) in [5.41, 5.74) is -0.951. The molecule has 20 heavy (non-hydrogen) atoms. The molecule has 0 aromatic carbocycles. The molecule has 1 saturated carbocycles. The molecule has 1 aromatic heterocycles. The Morgan fingerprint density at radius 2 is 2.05 bits per heavy atom. The SMILES string of the molecule is Cc1ccc(CC(C)N2C(=O)NC(=O)C3(CC3)C2=O)s1. The van der Waals surface area contributed by atoms with Crippen molar-refractivity contribution in [2.45, 2.75) is 39.2 Å². The first kappa shape index (κ1) is 13.3. The van der Waals surface area contributed by atoms with Crippen molar-refractivity contribution in [3.8, 4) is 0 Å². The van der Waals surface area contributed by atoms with Gasteiger partial charge in [0.1, 0.15) is 5.41 Å². The van der Waals surface area contributed by atoms with Gasteiger partial charge in [-0.2, -0.15) is 0 Å². The van der Waals surface area contributed by atoms with Gasteiger partial charge < -0.3 is 0 Å². The molecular formula is C14H16N2O3S. The van der Waals surface area contributed by atoms with Crippen molar-refractivity contribution in [3.05, 3.63) is 21.9 Å². The number of carbonyl (C=O) groups is 3. The molecule has 4 amide bonds. The molecule has 1 spiro atoms. The Balaban J connectivity index is 1.79. The zero-order valence-electron chi connectivity index (χ0n) is 11.4. The molecule has 2 aliphatic rings. The van der Waals surface area contributed by atoms with Crippen LogP contribution in [0.15, 0.2) is 12.1 Å². The van der Waals surface area contributed by atoms with E-state index < -0.39 is 17.4 Å². The minimum atomic E-state index is -0.951. The summed E-state index contributed by atoms with van der Waals surface area (Å²) in [6.07, 6.45) is 1.72. The number of nitrogens with one attached hydrogen (secondary N) is 1. The second kappa shape index (κ2) is 4.41. The zero-order valence-corrected chi connectivity index (χ0v) is 12.3. The maximum Gasteiger partial charge on any atom is 0.331 e. The fourth-order valence-electron chi connectivity index (χ4n) is 2.64. The monoisotopic (exact) mass is 292 g/mol. The Kier molecular flexibility index (Phi) is 2.93. The van der Waals surface area contributed by atoms with Crippen molar-refractivity contribution in [3.63, 3.8) is 0 Å². The summed E-state index contributed by atoms with van der Waals surface area (Å²) in [4.78, 5) is 39.7. The number of rotatable bonds is 3. The van der Waals surface area contributed by atoms with Crippen LogP contribution in [0, 0.1) is 12.3 Å². The van der Waals surface area contributed by atoms with E-state index in [0.717, 1.165) is 4.88 Å². The molecule has 5 nitrogen and oxygen atoms in total. The molecule has 0 radical (unpaired) electrons. The van der Waals surface area contributed by atoms with E-state index in [1.165, 1.54) is 9.78 Å². The van der Waals surface area contributed by atoms with E-state index in [-0.39, 0.29) is 11.9 Å². The first-order chi connectivity index (χ1) is 9.44. The highest BCUT2D eigenvalue weighted by Gasteiger charge is 2.62. The van der Waals surface area contributed by atoms with Gasteiger partial charge in [-0.1, -0.05) is 0 Å². The lowest BCUT2D eigenvalue weighted by Crippen LogP contribution is -2.61. The van der Waals surface area contributed by atoms with Crippen LogP contribution >= 0.6 is 11.3 Å². The predicted octanol–water partition coefficient (Wildman–Crippen LogP) is 1.85. The highest BCUT2D eigenvalue weighted by atomic mass is 32.1. The third kappa shape index (κ3) is 1.95. The highest BCUT2D eigenvalue weighted by Crippen LogP contribution is 2.49. The number of hydrogen-bond donors (Lipinski definition) is 1. The van der Waals surface area contributed by atoms with Gasteiger partial charge in [-0.3, -0.25) is 19.8 Å². The number of thiophene rings is 1. The third-order valence-corrected chi connectivity index (χ3v) is 5.01. The first-order valence-electron chi connectivity index (χ1n) is 6.68. The van der Waals surface area contributed by atoms with E-state index in [4.69, 9.17) is 0 Å². The summed E-state index contributed by atoms with van der Waals surface area (Å²) in [7, 11) is 0. The average molecular weight is 292 g/mol. The standard InChI is InChI=1S/C14H16N2O3S/c1-8(7-10-4-3-9(2)20-10)16-12(18)14(5-6-14)11(17)15-13(16)19/h3-4,8H,5-7H2,1-2H3,(H,15,17,19). The second-order valence-electron chi connectivity index (χ2n) is 5.58. The summed E-state index contributed by atoms with van der Waals surface area (Å²) in [5, 5.41) is 2.32. The smallest absolute Gasteiger partial charge is 0.277 e. The largest absolute Gasteiger partial charge is 0.331 e. The second-order valence-corrected chi connectivity index (χ2v) is 6.95. The predicted molar refractivity (Wildman–Crippen MR) is 74.3 cm³/mol. The number of barbiturate groups is 1. The number of imide groups is 2. The van der Waals surface area contributed by atoms with Crippen molar-refractivity contribution >= 4 is 29.2 Å². The first-order valence-corrected chi connectivity index (χ1v) is 7.50. The summed E-state index contributed by atoms with van der Waals surface area (Å²) >= 11 is 1.66. The number of hydrogen-bond acceptors (Lipinski definition) is 4. The van der Waals surface area contributed by atoms with Crippen LogP contribution in [0.4, 0.5) is 4.79 Å². The minimum absolute atomic E-state index is 0.244. The van der Waals surface area contributed by atoms with E-state index in [0.29, 0.717) is 19.3 Å². The van der Waals surface area contributed by atoms with Crippen molar-refractivity contribution in [1.82, 2.24) is 10.2 Å². The van der Waals surface area contributed by atoms with Crippen molar-refractivity contribution in [1.29, 1.82) is 0 Å². The van der Waals surface area contributed by atoms with Crippen molar-refractivity contribution < 1.29 is 14.4 Å². The van der Waals surface area contributed by atoms with Gasteiger partial charge in [0.25, 0.3) is 0 Å². The number of nitrogens with zero attached hydrogens (tertiary/aromatic N) is 1. The van der Waals surface area contributed by atoms with E-state index in [1.807, 2.05) is 26.0 Å². The average Bonchev–Trinajstić information content (AvgIpc) is 3.07. The fourth-order valence-corrected chi connectivity index (χ4v) is 3.65. The fraction of sp³-hybridized carbons (Fsp3) is 0.500. The molecule has 2 fully saturated rings. The third-order valence-electron chi connectivity index (χ3n) is 3.99. The lowest BCUT2D eigenvalue weighted by molar-refractivity contribution is -0.145. The Morgan fingerprint density at radius 3 is 2.60 bits per heavy atom. The molecule has 1 saturated heterocycles. The lowest BCUT2D eigenvalue weighted by atomic mass is 10.00. The molecule has 0 bridgehead atoms. The quantitative estimate of drug-likeness (QED) is 0.865. The molecule has 1 aliphatic heterocycles. The van der Waals surface area contributed by atoms with Gasteiger partial charge in [-0.25, -0.2) is 4.79 Å². The zero-order chi connectivity index (χ0) is 14.5. The van der Waals surface area contributed by atoms with Gasteiger partial charge >= 0.3 is 6.03 Å². The summed E-state index contributed by atoms with van der Waals surface area (Å²) in [6.45, 7) is 3.87. The van der Waals surface area contributed by atoms with E-state index >= 15 is 0 Å². The van der Waals surface area contributed by atoms with Gasteiger partial charge in [0, 0.05) is 22.2 Å². The molecule has 106 valence electrons. The van der Waals surface area contributed by atoms with Crippen LogP contribution in [0.5, 0.6) is 0 Å². The Labute approximate surface area is 121 Å². The molecule has 2 heterocycles. The van der Waals surface area contributed by atoms with Crippen LogP contribution in [0.3, 0.4) is 0 Å². The molecule has 1 atom stereocenters. The number of amides is 4. The number of urea groups is 1. The Morgan fingerprint density at radius 1 is 1.35 bits per heavy atom. The van der Waals surface area contributed by atoms with Gasteiger partial charge in [0.2, 0.25) is 11.8 Å². The molecular weight excluding hydrogens is 276 g/mol. The molecule has 1 unspecified atom stereocenters. The van der Waals surface area contributed by atoms with Crippen molar-refractivity contribution in [2.75, 3.05) is 0 Å². The van der Waals surface area contributed by atoms with Crippen LogP contribution in [0.2, 0.25) is 0 Å². The van der Waals surface area contributed by atoms with Gasteiger partial charge in [0.05, 0.1) is 0 Å². The molecule has 1 aliphatic carbocycles. The van der Waals surface area contributed by atoms with Crippen molar-refractivity contribution in [2.24, 2.45) is 5.41 Å². The number of carbonyl (C=O) groups excluding carboxylic acids is 3. The van der Waals surface area contributed by atoms with E-state index in [1.54, 1.807) is 11.3 Å².